The average molecular weight is 555 g/mol. The number of thioether (sulfide) groups is 1. The Morgan fingerprint density at radius 2 is 1.81 bits per heavy atom. The summed E-state index contributed by atoms with van der Waals surface area (Å²) in [4.78, 5) is 26.9. The van der Waals surface area contributed by atoms with Gasteiger partial charge in [-0.05, 0) is 54.8 Å². The van der Waals surface area contributed by atoms with E-state index in [0.29, 0.717) is 40.6 Å². The van der Waals surface area contributed by atoms with E-state index < -0.39 is 11.7 Å². The molecule has 198 valence electrons. The minimum Gasteiger partial charge on any atom is -0.502 e. The van der Waals surface area contributed by atoms with Crippen molar-refractivity contribution in [3.8, 4) is 17.2 Å². The van der Waals surface area contributed by atoms with E-state index in [1.807, 2.05) is 0 Å². The molecule has 3 rings (SSSR count). The number of halogens is 3. The van der Waals surface area contributed by atoms with Gasteiger partial charge in [-0.25, -0.2) is 0 Å². The maximum atomic E-state index is 12.9. The predicted octanol–water partition coefficient (Wildman–Crippen LogP) is 5.83. The summed E-state index contributed by atoms with van der Waals surface area (Å²) < 4.78 is 49.1. The Balaban J connectivity index is 1.49. The van der Waals surface area contributed by atoms with Crippen LogP contribution in [0.2, 0.25) is 0 Å². The van der Waals surface area contributed by atoms with E-state index in [2.05, 4.69) is 5.32 Å². The van der Waals surface area contributed by atoms with E-state index >= 15 is 0 Å². The molecule has 0 spiro atoms. The number of rotatable bonds is 10. The summed E-state index contributed by atoms with van der Waals surface area (Å²) >= 11 is 6.51. The number of nitrogens with zero attached hydrogens (tertiary/aromatic N) is 1. The number of aromatic hydroxyl groups is 1. The number of thiocarbonyl (C=S) groups is 1. The van der Waals surface area contributed by atoms with E-state index in [1.54, 1.807) is 18.2 Å². The van der Waals surface area contributed by atoms with E-state index in [9.17, 15) is 27.9 Å². The Labute approximate surface area is 221 Å². The Morgan fingerprint density at radius 1 is 1.14 bits per heavy atom. The van der Waals surface area contributed by atoms with Crippen molar-refractivity contribution in [2.24, 2.45) is 0 Å². The van der Waals surface area contributed by atoms with Gasteiger partial charge in [0, 0.05) is 18.7 Å². The topological polar surface area (TPSA) is 88.1 Å². The third kappa shape index (κ3) is 7.39. The molecule has 1 saturated heterocycles. The smallest absolute Gasteiger partial charge is 0.416 e. The van der Waals surface area contributed by atoms with Crippen LogP contribution in [-0.4, -0.2) is 46.9 Å². The fraction of sp³-hybridized carbons (Fsp3) is 0.320. The van der Waals surface area contributed by atoms with Crippen LogP contribution in [0.1, 0.15) is 36.8 Å². The molecule has 0 unspecified atom stereocenters. The number of phenols is 1. The molecular formula is C25H25F3N2O5S2. The number of amides is 2. The molecule has 0 aliphatic carbocycles. The molecule has 1 aliphatic heterocycles. The Morgan fingerprint density at radius 3 is 2.43 bits per heavy atom. The molecule has 12 heteroatoms. The molecule has 2 N–H and O–H groups in total. The molecule has 1 fully saturated rings. The van der Waals surface area contributed by atoms with Gasteiger partial charge in [-0.1, -0.05) is 36.5 Å². The Hall–Kier alpha value is -3.25. The third-order valence-electron chi connectivity index (χ3n) is 5.43. The van der Waals surface area contributed by atoms with Gasteiger partial charge >= 0.3 is 6.18 Å². The highest BCUT2D eigenvalue weighted by molar-refractivity contribution is 8.26. The second-order valence-electron chi connectivity index (χ2n) is 8.04. The van der Waals surface area contributed by atoms with E-state index in [1.165, 1.54) is 31.3 Å². The number of hydrogen-bond acceptors (Lipinski definition) is 7. The normalized spacial score (nSPS) is 14.8. The largest absolute Gasteiger partial charge is 0.502 e. The van der Waals surface area contributed by atoms with Crippen molar-refractivity contribution in [3.63, 3.8) is 0 Å². The molecular weight excluding hydrogens is 529 g/mol. The number of benzene rings is 2. The lowest BCUT2D eigenvalue weighted by atomic mass is 10.1. The van der Waals surface area contributed by atoms with Crippen molar-refractivity contribution in [2.75, 3.05) is 26.1 Å². The number of nitrogens with one attached hydrogen (secondary N) is 1. The first-order chi connectivity index (χ1) is 17.5. The van der Waals surface area contributed by atoms with Crippen LogP contribution in [0.25, 0.3) is 6.08 Å². The van der Waals surface area contributed by atoms with Crippen molar-refractivity contribution < 1.29 is 37.3 Å². The van der Waals surface area contributed by atoms with Crippen molar-refractivity contribution >= 4 is 51.9 Å². The number of unbranched alkanes of at least 4 members (excludes halogenated alkanes) is 2. The second kappa shape index (κ2) is 12.3. The van der Waals surface area contributed by atoms with E-state index in [0.717, 1.165) is 23.9 Å². The molecule has 1 heterocycles. The number of alkyl halides is 3. The summed E-state index contributed by atoms with van der Waals surface area (Å²) in [5.41, 5.74) is -0.140. The van der Waals surface area contributed by atoms with Crippen molar-refractivity contribution in [1.29, 1.82) is 0 Å². The first-order valence-electron chi connectivity index (χ1n) is 11.2. The lowest BCUT2D eigenvalue weighted by molar-refractivity contribution is -0.137. The van der Waals surface area contributed by atoms with Gasteiger partial charge in [0.25, 0.3) is 5.91 Å². The number of methoxy groups -OCH3 is 2. The van der Waals surface area contributed by atoms with Crippen LogP contribution in [0.5, 0.6) is 17.2 Å². The van der Waals surface area contributed by atoms with Crippen LogP contribution in [-0.2, 0) is 15.8 Å². The number of carbonyl (C=O) groups excluding carboxylic acids is 2. The molecule has 0 radical (unpaired) electrons. The maximum absolute atomic E-state index is 12.9. The number of carbonyl (C=O) groups is 2. The van der Waals surface area contributed by atoms with Crippen molar-refractivity contribution in [3.05, 3.63) is 52.4 Å². The molecule has 37 heavy (non-hydrogen) atoms. The summed E-state index contributed by atoms with van der Waals surface area (Å²) in [6.45, 7) is 0.374. The summed E-state index contributed by atoms with van der Waals surface area (Å²) in [5.74, 6) is -0.356. The van der Waals surface area contributed by atoms with Gasteiger partial charge in [0.1, 0.15) is 4.32 Å². The molecule has 2 aromatic rings. The molecule has 2 aromatic carbocycles. The molecule has 0 aromatic heterocycles. The lowest BCUT2D eigenvalue weighted by Gasteiger charge is -2.14. The highest BCUT2D eigenvalue weighted by atomic mass is 32.2. The maximum Gasteiger partial charge on any atom is 0.416 e. The highest BCUT2D eigenvalue weighted by Gasteiger charge is 2.32. The number of ether oxygens (including phenoxy) is 2. The minimum atomic E-state index is -4.48. The zero-order chi connectivity index (χ0) is 27.2. The van der Waals surface area contributed by atoms with Gasteiger partial charge in [-0.15, -0.1) is 0 Å². The predicted molar refractivity (Wildman–Crippen MR) is 140 cm³/mol. The SMILES string of the molecule is COc1cc(/C=C2\SC(=S)N(CCCCCC(=O)Nc3cccc(C(F)(F)F)c3)C2=O)cc(OC)c1O. The first-order valence-corrected chi connectivity index (χ1v) is 12.4. The van der Waals surface area contributed by atoms with Crippen LogP contribution >= 0.6 is 24.0 Å². The summed E-state index contributed by atoms with van der Waals surface area (Å²) in [7, 11) is 2.82. The lowest BCUT2D eigenvalue weighted by Crippen LogP contribution is -2.29. The molecule has 0 bridgehead atoms. The van der Waals surface area contributed by atoms with Crippen LogP contribution in [0.4, 0.5) is 18.9 Å². The number of hydrogen-bond donors (Lipinski definition) is 2. The van der Waals surface area contributed by atoms with Gasteiger partial charge in [-0.2, -0.15) is 13.2 Å². The second-order valence-corrected chi connectivity index (χ2v) is 9.72. The standard InChI is InChI=1S/C25H25F3N2O5S2/c1-34-18-11-15(12-19(35-2)22(18)32)13-20-23(33)30(24(36)37-20)10-5-3-4-9-21(31)29-17-8-6-7-16(14-17)25(26,27)28/h6-8,11-14,32H,3-5,9-10H2,1-2H3,(H,29,31)/b20-13-. The van der Waals surface area contributed by atoms with Crippen molar-refractivity contribution in [1.82, 2.24) is 4.90 Å². The molecule has 7 nitrogen and oxygen atoms in total. The van der Waals surface area contributed by atoms with Gasteiger partial charge < -0.3 is 19.9 Å². The third-order valence-corrected chi connectivity index (χ3v) is 6.81. The molecule has 1 aliphatic rings. The monoisotopic (exact) mass is 554 g/mol. The van der Waals surface area contributed by atoms with Crippen molar-refractivity contribution in [2.45, 2.75) is 31.9 Å². The summed E-state index contributed by atoms with van der Waals surface area (Å²) in [6.07, 6.45) is -0.981. The summed E-state index contributed by atoms with van der Waals surface area (Å²) in [6, 6.07) is 7.63. The minimum absolute atomic E-state index is 0.0908. The average Bonchev–Trinajstić information content (AvgIpc) is 3.11. The van der Waals surface area contributed by atoms with Gasteiger partial charge in [0.2, 0.25) is 11.7 Å². The summed E-state index contributed by atoms with van der Waals surface area (Å²) in [5, 5.41) is 12.5. The Bertz CT molecular complexity index is 1190. The van der Waals surface area contributed by atoms with Gasteiger partial charge in [0.15, 0.2) is 11.5 Å². The van der Waals surface area contributed by atoms with Gasteiger partial charge in [0.05, 0.1) is 24.7 Å². The zero-order valence-corrected chi connectivity index (χ0v) is 21.7. The fourth-order valence-electron chi connectivity index (χ4n) is 3.57. The highest BCUT2D eigenvalue weighted by Crippen LogP contribution is 2.39. The quantitative estimate of drug-likeness (QED) is 0.217. The fourth-order valence-corrected chi connectivity index (χ4v) is 4.88. The van der Waals surface area contributed by atoms with E-state index in [4.69, 9.17) is 21.7 Å². The van der Waals surface area contributed by atoms with Crippen LogP contribution < -0.4 is 14.8 Å². The molecule has 0 saturated carbocycles. The molecule has 0 atom stereocenters. The van der Waals surface area contributed by atoms with E-state index in [-0.39, 0.29) is 41.2 Å². The Kier molecular flexibility index (Phi) is 9.44. The van der Waals surface area contributed by atoms with Crippen LogP contribution in [0, 0.1) is 0 Å². The first kappa shape index (κ1) is 28.3. The zero-order valence-electron chi connectivity index (χ0n) is 20.1. The van der Waals surface area contributed by atoms with Gasteiger partial charge in [-0.3, -0.25) is 14.5 Å². The molecule has 2 amide bonds. The van der Waals surface area contributed by atoms with Crippen LogP contribution in [0.3, 0.4) is 0 Å². The number of anilines is 1. The van der Waals surface area contributed by atoms with Crippen LogP contribution in [0.15, 0.2) is 41.3 Å². The number of phenolic OH excluding ortho intramolecular Hbond substituents is 1.